The highest BCUT2D eigenvalue weighted by molar-refractivity contribution is 4.82. The van der Waals surface area contributed by atoms with Gasteiger partial charge in [-0.05, 0) is 33.4 Å². The molecule has 3 heteroatoms. The summed E-state index contributed by atoms with van der Waals surface area (Å²) in [5, 5.41) is 3.15. The number of ether oxygens (including phenoxy) is 1. The van der Waals surface area contributed by atoms with Gasteiger partial charge in [0.05, 0.1) is 12.7 Å². The minimum Gasteiger partial charge on any atom is -0.376 e. The van der Waals surface area contributed by atoms with Gasteiger partial charge in [0.25, 0.3) is 0 Å². The zero-order chi connectivity index (χ0) is 10.4. The van der Waals surface area contributed by atoms with Gasteiger partial charge in [0.2, 0.25) is 0 Å². The van der Waals surface area contributed by atoms with Crippen molar-refractivity contribution < 1.29 is 4.74 Å². The number of likely N-dealkylation sites (N-methyl/N-ethyl adjacent to an activating group) is 2. The largest absolute Gasteiger partial charge is 0.376 e. The number of hydrogen-bond donors (Lipinski definition) is 1. The lowest BCUT2D eigenvalue weighted by molar-refractivity contribution is 0.0393. The molecule has 84 valence electrons. The Hall–Kier alpha value is -0.120. The van der Waals surface area contributed by atoms with Gasteiger partial charge in [-0.15, -0.1) is 0 Å². The van der Waals surface area contributed by atoms with Crippen molar-refractivity contribution in [1.82, 2.24) is 10.2 Å². The molecule has 1 atom stereocenters. The molecule has 0 bridgehead atoms. The number of hydrogen-bond acceptors (Lipinski definition) is 3. The first-order valence-corrected chi connectivity index (χ1v) is 5.74. The Morgan fingerprint density at radius 3 is 2.71 bits per heavy atom. The van der Waals surface area contributed by atoms with Crippen LogP contribution in [0.3, 0.4) is 0 Å². The van der Waals surface area contributed by atoms with Crippen molar-refractivity contribution in [2.75, 3.05) is 33.8 Å². The molecule has 0 aromatic rings. The van der Waals surface area contributed by atoms with Crippen molar-refractivity contribution in [3.05, 3.63) is 0 Å². The van der Waals surface area contributed by atoms with Gasteiger partial charge in [-0.1, -0.05) is 6.92 Å². The summed E-state index contributed by atoms with van der Waals surface area (Å²) in [6.45, 7) is 5.08. The van der Waals surface area contributed by atoms with Crippen molar-refractivity contribution in [2.45, 2.75) is 38.3 Å². The average molecular weight is 200 g/mol. The van der Waals surface area contributed by atoms with Crippen LogP contribution in [0.4, 0.5) is 0 Å². The lowest BCUT2D eigenvalue weighted by Gasteiger charge is -2.19. The Balaban J connectivity index is 1.99. The fraction of sp³-hybridized carbons (Fsp3) is 1.00. The molecule has 0 aliphatic heterocycles. The van der Waals surface area contributed by atoms with Gasteiger partial charge in [-0.2, -0.15) is 0 Å². The van der Waals surface area contributed by atoms with E-state index in [1.165, 1.54) is 12.8 Å². The monoisotopic (exact) mass is 200 g/mol. The number of nitrogens with one attached hydrogen (secondary N) is 1. The fourth-order valence-electron chi connectivity index (χ4n) is 1.61. The molecule has 0 heterocycles. The molecule has 1 aliphatic carbocycles. The van der Waals surface area contributed by atoms with Crippen molar-refractivity contribution in [3.8, 4) is 0 Å². The summed E-state index contributed by atoms with van der Waals surface area (Å²) in [4.78, 5) is 2.41. The molecule has 1 N–H and O–H groups in total. The molecule has 0 aromatic heterocycles. The van der Waals surface area contributed by atoms with Crippen LogP contribution in [0.15, 0.2) is 0 Å². The zero-order valence-electron chi connectivity index (χ0n) is 9.75. The molecule has 3 nitrogen and oxygen atoms in total. The minimum absolute atomic E-state index is 0.382. The smallest absolute Gasteiger partial charge is 0.0697 e. The number of nitrogens with zero attached hydrogens (tertiary/aromatic N) is 1. The minimum atomic E-state index is 0.382. The van der Waals surface area contributed by atoms with Gasteiger partial charge in [0, 0.05) is 19.1 Å². The van der Waals surface area contributed by atoms with Gasteiger partial charge in [0.15, 0.2) is 0 Å². The summed E-state index contributed by atoms with van der Waals surface area (Å²) < 4.78 is 5.78. The maximum absolute atomic E-state index is 5.78. The molecule has 0 saturated heterocycles. The Labute approximate surface area is 87.8 Å². The van der Waals surface area contributed by atoms with Crippen molar-refractivity contribution in [1.29, 1.82) is 0 Å². The standard InChI is InChI=1S/C11H24N2O/c1-4-11(9-12-2)14-8-7-13(3)10-5-6-10/h10-12H,4-9H2,1-3H3. The lowest BCUT2D eigenvalue weighted by atomic mass is 10.3. The molecular weight excluding hydrogens is 176 g/mol. The van der Waals surface area contributed by atoms with Gasteiger partial charge < -0.3 is 15.0 Å². The molecule has 0 radical (unpaired) electrons. The fourth-order valence-corrected chi connectivity index (χ4v) is 1.61. The second-order valence-corrected chi connectivity index (χ2v) is 4.17. The normalized spacial score (nSPS) is 18.9. The summed E-state index contributed by atoms with van der Waals surface area (Å²) >= 11 is 0. The van der Waals surface area contributed by atoms with E-state index in [0.717, 1.165) is 32.2 Å². The van der Waals surface area contributed by atoms with E-state index in [2.05, 4.69) is 24.2 Å². The SMILES string of the molecule is CCC(CNC)OCCN(C)C1CC1. The van der Waals surface area contributed by atoms with E-state index in [9.17, 15) is 0 Å². The third-order valence-corrected chi connectivity index (χ3v) is 2.85. The quantitative estimate of drug-likeness (QED) is 0.635. The first-order chi connectivity index (χ1) is 6.77. The van der Waals surface area contributed by atoms with Gasteiger partial charge >= 0.3 is 0 Å². The predicted molar refractivity (Wildman–Crippen MR) is 59.6 cm³/mol. The molecule has 1 unspecified atom stereocenters. The van der Waals surface area contributed by atoms with Crippen LogP contribution in [0.5, 0.6) is 0 Å². The van der Waals surface area contributed by atoms with Crippen LogP contribution < -0.4 is 5.32 Å². The van der Waals surface area contributed by atoms with E-state index >= 15 is 0 Å². The van der Waals surface area contributed by atoms with E-state index in [4.69, 9.17) is 4.74 Å². The van der Waals surface area contributed by atoms with Crippen LogP contribution in [0.1, 0.15) is 26.2 Å². The summed E-state index contributed by atoms with van der Waals surface area (Å²) in [5.41, 5.74) is 0. The third-order valence-electron chi connectivity index (χ3n) is 2.85. The second kappa shape index (κ2) is 6.38. The first-order valence-electron chi connectivity index (χ1n) is 5.74. The molecule has 14 heavy (non-hydrogen) atoms. The Bertz CT molecular complexity index is 148. The summed E-state index contributed by atoms with van der Waals surface area (Å²) in [5.74, 6) is 0. The van der Waals surface area contributed by atoms with E-state index in [-0.39, 0.29) is 0 Å². The Morgan fingerprint density at radius 1 is 1.50 bits per heavy atom. The van der Waals surface area contributed by atoms with Gasteiger partial charge in [-0.25, -0.2) is 0 Å². The molecule has 0 amide bonds. The van der Waals surface area contributed by atoms with Gasteiger partial charge in [0.1, 0.15) is 0 Å². The van der Waals surface area contributed by atoms with Crippen LogP contribution >= 0.6 is 0 Å². The van der Waals surface area contributed by atoms with Gasteiger partial charge in [-0.3, -0.25) is 0 Å². The highest BCUT2D eigenvalue weighted by Gasteiger charge is 2.25. The molecule has 0 spiro atoms. The van der Waals surface area contributed by atoms with Crippen LogP contribution in [-0.4, -0.2) is 50.8 Å². The lowest BCUT2D eigenvalue weighted by Crippen LogP contribution is -2.31. The third kappa shape index (κ3) is 4.40. The molecule has 1 rings (SSSR count). The van der Waals surface area contributed by atoms with E-state index in [1.807, 2.05) is 7.05 Å². The van der Waals surface area contributed by atoms with Crippen molar-refractivity contribution in [3.63, 3.8) is 0 Å². The van der Waals surface area contributed by atoms with E-state index in [1.54, 1.807) is 0 Å². The van der Waals surface area contributed by atoms with Crippen LogP contribution in [0.2, 0.25) is 0 Å². The number of rotatable bonds is 8. The van der Waals surface area contributed by atoms with E-state index in [0.29, 0.717) is 6.10 Å². The first kappa shape index (κ1) is 12.0. The summed E-state index contributed by atoms with van der Waals surface area (Å²) in [6, 6.07) is 0.850. The summed E-state index contributed by atoms with van der Waals surface area (Å²) in [6.07, 6.45) is 4.23. The highest BCUT2D eigenvalue weighted by atomic mass is 16.5. The average Bonchev–Trinajstić information content (AvgIpc) is 2.99. The molecular formula is C11H24N2O. The molecule has 1 saturated carbocycles. The Kier molecular flexibility index (Phi) is 5.45. The van der Waals surface area contributed by atoms with Crippen LogP contribution in [0, 0.1) is 0 Å². The van der Waals surface area contributed by atoms with Crippen LogP contribution in [0.25, 0.3) is 0 Å². The summed E-state index contributed by atoms with van der Waals surface area (Å²) in [7, 11) is 4.17. The molecule has 0 aromatic carbocycles. The topological polar surface area (TPSA) is 24.5 Å². The maximum Gasteiger partial charge on any atom is 0.0697 e. The zero-order valence-corrected chi connectivity index (χ0v) is 9.75. The Morgan fingerprint density at radius 2 is 2.21 bits per heavy atom. The predicted octanol–water partition coefficient (Wildman–Crippen LogP) is 1.10. The van der Waals surface area contributed by atoms with Crippen molar-refractivity contribution >= 4 is 0 Å². The maximum atomic E-state index is 5.78. The van der Waals surface area contributed by atoms with Crippen molar-refractivity contribution in [2.24, 2.45) is 0 Å². The van der Waals surface area contributed by atoms with Crippen LogP contribution in [-0.2, 0) is 4.74 Å². The second-order valence-electron chi connectivity index (χ2n) is 4.17. The molecule has 1 fully saturated rings. The van der Waals surface area contributed by atoms with E-state index < -0.39 is 0 Å². The highest BCUT2D eigenvalue weighted by Crippen LogP contribution is 2.24. The molecule has 1 aliphatic rings.